The Kier molecular flexibility index (Phi) is 5.82. The Bertz CT molecular complexity index is 413. The van der Waals surface area contributed by atoms with Crippen molar-refractivity contribution >= 4 is 18.3 Å². The Morgan fingerprint density at radius 3 is 2.79 bits per heavy atom. The van der Waals surface area contributed by atoms with E-state index in [0.29, 0.717) is 6.54 Å². The van der Waals surface area contributed by atoms with Crippen LogP contribution in [0.5, 0.6) is 0 Å². The van der Waals surface area contributed by atoms with E-state index in [9.17, 15) is 4.79 Å². The summed E-state index contributed by atoms with van der Waals surface area (Å²) in [6.45, 7) is 0.687. The average molecular weight is 287 g/mol. The molecular weight excluding hydrogens is 264 g/mol. The summed E-state index contributed by atoms with van der Waals surface area (Å²) < 4.78 is 1.79. The molecule has 1 aliphatic carbocycles. The quantitative estimate of drug-likeness (QED) is 0.798. The lowest BCUT2D eigenvalue weighted by Gasteiger charge is -2.22. The molecule has 1 aliphatic rings. The second-order valence-corrected chi connectivity index (χ2v) is 5.24. The molecule has 1 aromatic heterocycles. The van der Waals surface area contributed by atoms with Gasteiger partial charge in [-0.1, -0.05) is 12.8 Å². The Balaban J connectivity index is 0.00000180. The van der Waals surface area contributed by atoms with Crippen molar-refractivity contribution in [1.29, 1.82) is 0 Å². The second-order valence-electron chi connectivity index (χ2n) is 5.24. The van der Waals surface area contributed by atoms with Crippen LogP contribution in [0.25, 0.3) is 0 Å². The fourth-order valence-electron chi connectivity index (χ4n) is 2.50. The molecule has 0 aliphatic heterocycles. The minimum Gasteiger partial charge on any atom is -0.354 e. The highest BCUT2D eigenvalue weighted by Gasteiger charge is 2.36. The number of carbonyl (C=O) groups is 1. The van der Waals surface area contributed by atoms with Gasteiger partial charge in [0.1, 0.15) is 0 Å². The predicted octanol–water partition coefficient (Wildman–Crippen LogP) is 1.16. The van der Waals surface area contributed by atoms with Gasteiger partial charge >= 0.3 is 0 Å². The number of amides is 1. The van der Waals surface area contributed by atoms with Gasteiger partial charge in [-0.05, 0) is 31.2 Å². The lowest BCUT2D eigenvalue weighted by molar-refractivity contribution is -0.126. The molecule has 19 heavy (non-hydrogen) atoms. The van der Waals surface area contributed by atoms with E-state index in [-0.39, 0.29) is 18.3 Å². The summed E-state index contributed by atoms with van der Waals surface area (Å²) in [4.78, 5) is 11.9. The standard InChI is InChI=1S/C13H22N4O.ClH/c1-17-10-11(9-16-17)5-4-8-15-12(18)13(14)6-2-3-7-13;/h9-10H,2-8,14H2,1H3,(H,15,18);1H. The SMILES string of the molecule is Cl.Cn1cc(CCCNC(=O)C2(N)CCCC2)cn1. The normalized spacial score (nSPS) is 16.9. The molecule has 0 aromatic carbocycles. The van der Waals surface area contributed by atoms with E-state index in [2.05, 4.69) is 10.4 Å². The number of hydrogen-bond donors (Lipinski definition) is 2. The van der Waals surface area contributed by atoms with Crippen molar-refractivity contribution in [2.45, 2.75) is 44.1 Å². The van der Waals surface area contributed by atoms with Gasteiger partial charge in [-0.25, -0.2) is 0 Å². The van der Waals surface area contributed by atoms with Crippen LogP contribution in [0.2, 0.25) is 0 Å². The highest BCUT2D eigenvalue weighted by molar-refractivity contribution is 5.86. The zero-order valence-corrected chi connectivity index (χ0v) is 12.2. The van der Waals surface area contributed by atoms with E-state index >= 15 is 0 Å². The first-order chi connectivity index (χ1) is 8.60. The molecule has 1 amide bonds. The average Bonchev–Trinajstić information content (AvgIpc) is 2.94. The van der Waals surface area contributed by atoms with Crippen LogP contribution in [-0.2, 0) is 18.3 Å². The third kappa shape index (κ3) is 4.21. The molecule has 108 valence electrons. The van der Waals surface area contributed by atoms with Crippen LogP contribution in [-0.4, -0.2) is 27.8 Å². The highest BCUT2D eigenvalue weighted by Crippen LogP contribution is 2.27. The smallest absolute Gasteiger partial charge is 0.240 e. The number of carbonyl (C=O) groups excluding carboxylic acids is 1. The van der Waals surface area contributed by atoms with Crippen molar-refractivity contribution in [1.82, 2.24) is 15.1 Å². The van der Waals surface area contributed by atoms with Gasteiger partial charge in [-0.2, -0.15) is 5.10 Å². The fourth-order valence-corrected chi connectivity index (χ4v) is 2.50. The van der Waals surface area contributed by atoms with Gasteiger partial charge in [-0.15, -0.1) is 12.4 Å². The topological polar surface area (TPSA) is 72.9 Å². The van der Waals surface area contributed by atoms with Crippen molar-refractivity contribution < 1.29 is 4.79 Å². The molecule has 1 heterocycles. The van der Waals surface area contributed by atoms with Gasteiger partial charge in [-0.3, -0.25) is 9.48 Å². The first-order valence-corrected chi connectivity index (χ1v) is 6.65. The van der Waals surface area contributed by atoms with Crippen molar-refractivity contribution in [2.75, 3.05) is 6.54 Å². The molecular formula is C13H23ClN4O. The number of aromatic nitrogens is 2. The molecule has 0 spiro atoms. The molecule has 3 N–H and O–H groups in total. The molecule has 0 atom stereocenters. The lowest BCUT2D eigenvalue weighted by Crippen LogP contribution is -2.52. The molecule has 1 aromatic rings. The van der Waals surface area contributed by atoms with E-state index in [1.165, 1.54) is 5.56 Å². The Morgan fingerprint density at radius 2 is 2.21 bits per heavy atom. The minimum atomic E-state index is -0.603. The molecule has 0 saturated heterocycles. The van der Waals surface area contributed by atoms with Crippen LogP contribution in [0.15, 0.2) is 12.4 Å². The second kappa shape index (κ2) is 6.91. The summed E-state index contributed by atoms with van der Waals surface area (Å²) in [6, 6.07) is 0. The van der Waals surface area contributed by atoms with E-state index in [0.717, 1.165) is 38.5 Å². The highest BCUT2D eigenvalue weighted by atomic mass is 35.5. The zero-order valence-electron chi connectivity index (χ0n) is 11.4. The number of nitrogens with one attached hydrogen (secondary N) is 1. The van der Waals surface area contributed by atoms with Gasteiger partial charge in [0.05, 0.1) is 11.7 Å². The van der Waals surface area contributed by atoms with E-state index < -0.39 is 5.54 Å². The number of hydrogen-bond acceptors (Lipinski definition) is 3. The molecule has 1 fully saturated rings. The number of nitrogens with zero attached hydrogens (tertiary/aromatic N) is 2. The molecule has 2 rings (SSSR count). The monoisotopic (exact) mass is 286 g/mol. The number of rotatable bonds is 5. The predicted molar refractivity (Wildman–Crippen MR) is 77.2 cm³/mol. The summed E-state index contributed by atoms with van der Waals surface area (Å²) in [6.07, 6.45) is 9.51. The molecule has 0 bridgehead atoms. The third-order valence-electron chi connectivity index (χ3n) is 3.63. The van der Waals surface area contributed by atoms with Crippen molar-refractivity contribution in [3.05, 3.63) is 18.0 Å². The first kappa shape index (κ1) is 16.0. The Morgan fingerprint density at radius 1 is 1.53 bits per heavy atom. The minimum absolute atomic E-state index is 0. The maximum atomic E-state index is 11.9. The lowest BCUT2D eigenvalue weighted by atomic mass is 9.98. The van der Waals surface area contributed by atoms with Gasteiger partial charge in [0, 0.05) is 19.8 Å². The van der Waals surface area contributed by atoms with Crippen LogP contribution < -0.4 is 11.1 Å². The van der Waals surface area contributed by atoms with Gasteiger partial charge in [0.15, 0.2) is 0 Å². The summed E-state index contributed by atoms with van der Waals surface area (Å²) in [5, 5.41) is 7.06. The summed E-state index contributed by atoms with van der Waals surface area (Å²) in [5.74, 6) is 0.0196. The summed E-state index contributed by atoms with van der Waals surface area (Å²) in [5.41, 5.74) is 6.67. The molecule has 0 unspecified atom stereocenters. The number of halogens is 1. The Hall–Kier alpha value is -1.07. The van der Waals surface area contributed by atoms with Crippen molar-refractivity contribution in [3.8, 4) is 0 Å². The van der Waals surface area contributed by atoms with Gasteiger partial charge in [0.2, 0.25) is 5.91 Å². The maximum absolute atomic E-state index is 11.9. The van der Waals surface area contributed by atoms with Gasteiger partial charge in [0.25, 0.3) is 0 Å². The summed E-state index contributed by atoms with van der Waals surface area (Å²) in [7, 11) is 1.91. The van der Waals surface area contributed by atoms with Crippen LogP contribution in [0.3, 0.4) is 0 Å². The molecule has 5 nitrogen and oxygen atoms in total. The molecule has 6 heteroatoms. The van der Waals surface area contributed by atoms with Crippen LogP contribution >= 0.6 is 12.4 Å². The van der Waals surface area contributed by atoms with Crippen LogP contribution in [0.4, 0.5) is 0 Å². The van der Waals surface area contributed by atoms with E-state index in [4.69, 9.17) is 5.73 Å². The van der Waals surface area contributed by atoms with Crippen molar-refractivity contribution in [3.63, 3.8) is 0 Å². The van der Waals surface area contributed by atoms with Crippen LogP contribution in [0.1, 0.15) is 37.7 Å². The zero-order chi connectivity index (χ0) is 13.0. The molecule has 1 saturated carbocycles. The maximum Gasteiger partial charge on any atom is 0.240 e. The first-order valence-electron chi connectivity index (χ1n) is 6.65. The van der Waals surface area contributed by atoms with Gasteiger partial charge < -0.3 is 11.1 Å². The Labute approximate surface area is 120 Å². The van der Waals surface area contributed by atoms with Crippen LogP contribution in [0, 0.1) is 0 Å². The largest absolute Gasteiger partial charge is 0.354 e. The number of nitrogens with two attached hydrogens (primary N) is 1. The number of aryl methyl sites for hydroxylation is 2. The summed E-state index contributed by atoms with van der Waals surface area (Å²) >= 11 is 0. The third-order valence-corrected chi connectivity index (χ3v) is 3.63. The van der Waals surface area contributed by atoms with E-state index in [1.54, 1.807) is 4.68 Å². The molecule has 0 radical (unpaired) electrons. The fraction of sp³-hybridized carbons (Fsp3) is 0.692. The van der Waals surface area contributed by atoms with E-state index in [1.807, 2.05) is 19.4 Å². The van der Waals surface area contributed by atoms with Crippen molar-refractivity contribution in [2.24, 2.45) is 12.8 Å².